The number of hydrogen-bond acceptors (Lipinski definition) is 5. The van der Waals surface area contributed by atoms with Crippen LogP contribution >= 0.6 is 23.2 Å². The van der Waals surface area contributed by atoms with Gasteiger partial charge in [-0.15, -0.1) is 0 Å². The largest absolute Gasteiger partial charge is 0.493 e. The van der Waals surface area contributed by atoms with Gasteiger partial charge in [-0.2, -0.15) is 5.26 Å². The quantitative estimate of drug-likeness (QED) is 0.174. The van der Waals surface area contributed by atoms with E-state index < -0.39 is 4.92 Å². The van der Waals surface area contributed by atoms with Crippen molar-refractivity contribution in [3.63, 3.8) is 0 Å². The first-order chi connectivity index (χ1) is 14.9. The van der Waals surface area contributed by atoms with Gasteiger partial charge >= 0.3 is 0 Å². The Morgan fingerprint density at radius 3 is 2.55 bits per heavy atom. The van der Waals surface area contributed by atoms with E-state index in [0.717, 1.165) is 5.56 Å². The molecule has 8 heteroatoms. The van der Waals surface area contributed by atoms with Gasteiger partial charge in [-0.1, -0.05) is 47.5 Å². The van der Waals surface area contributed by atoms with Crippen molar-refractivity contribution in [1.82, 2.24) is 0 Å². The summed E-state index contributed by atoms with van der Waals surface area (Å²) >= 11 is 12.3. The summed E-state index contributed by atoms with van der Waals surface area (Å²) in [6.45, 7) is 0.263. The molecule has 0 N–H and O–H groups in total. The summed E-state index contributed by atoms with van der Waals surface area (Å²) in [6, 6.07) is 18.5. The minimum Gasteiger partial charge on any atom is -0.493 e. The number of rotatable bonds is 7. The average molecular weight is 455 g/mol. The van der Waals surface area contributed by atoms with Gasteiger partial charge in [-0.05, 0) is 47.0 Å². The standard InChI is InChI=1S/C23H16Cl2N2O4/c1-30-22-11-16(9-18(13-26)17-3-2-4-20(12-17)27(28)29)10-21(25)23(22)31-14-15-5-7-19(24)8-6-15/h2-12H,14H2,1H3/b18-9-. The second kappa shape index (κ2) is 9.98. The first-order valence-electron chi connectivity index (χ1n) is 9.02. The lowest BCUT2D eigenvalue weighted by Crippen LogP contribution is -1.99. The number of benzene rings is 3. The Morgan fingerprint density at radius 1 is 1.16 bits per heavy atom. The van der Waals surface area contributed by atoms with Crippen molar-refractivity contribution >= 4 is 40.5 Å². The predicted molar refractivity (Wildman–Crippen MR) is 120 cm³/mol. The van der Waals surface area contributed by atoms with Gasteiger partial charge in [0.05, 0.1) is 28.7 Å². The molecule has 0 aliphatic rings. The molecule has 3 rings (SSSR count). The molecule has 31 heavy (non-hydrogen) atoms. The molecule has 3 aromatic carbocycles. The molecule has 0 spiro atoms. The van der Waals surface area contributed by atoms with E-state index in [0.29, 0.717) is 32.7 Å². The van der Waals surface area contributed by atoms with Crippen LogP contribution in [0.15, 0.2) is 60.7 Å². The summed E-state index contributed by atoms with van der Waals surface area (Å²) in [7, 11) is 1.49. The van der Waals surface area contributed by atoms with Crippen LogP contribution in [0.4, 0.5) is 5.69 Å². The van der Waals surface area contributed by atoms with Crippen LogP contribution in [0.25, 0.3) is 11.6 Å². The molecule has 0 saturated carbocycles. The molecule has 0 aliphatic carbocycles. The van der Waals surface area contributed by atoms with Gasteiger partial charge in [0.1, 0.15) is 6.61 Å². The molecule has 0 aliphatic heterocycles. The lowest BCUT2D eigenvalue weighted by atomic mass is 10.0. The van der Waals surface area contributed by atoms with Crippen LogP contribution in [0.2, 0.25) is 10.0 Å². The van der Waals surface area contributed by atoms with Crippen molar-refractivity contribution in [3.05, 3.63) is 97.5 Å². The molecular weight excluding hydrogens is 439 g/mol. The summed E-state index contributed by atoms with van der Waals surface area (Å²) < 4.78 is 11.3. The number of allylic oxidation sites excluding steroid dienone is 1. The second-order valence-electron chi connectivity index (χ2n) is 6.43. The molecule has 0 amide bonds. The third-order valence-electron chi connectivity index (χ3n) is 4.35. The van der Waals surface area contributed by atoms with E-state index in [1.54, 1.807) is 36.4 Å². The Kier molecular flexibility index (Phi) is 7.14. The maximum absolute atomic E-state index is 11.0. The average Bonchev–Trinajstić information content (AvgIpc) is 2.77. The predicted octanol–water partition coefficient (Wildman–Crippen LogP) is 6.55. The van der Waals surface area contributed by atoms with Gasteiger partial charge < -0.3 is 9.47 Å². The first kappa shape index (κ1) is 22.2. The Hall–Kier alpha value is -3.53. The highest BCUT2D eigenvalue weighted by atomic mass is 35.5. The summed E-state index contributed by atoms with van der Waals surface area (Å²) in [4.78, 5) is 10.5. The molecule has 0 saturated heterocycles. The van der Waals surface area contributed by atoms with E-state index in [1.807, 2.05) is 12.1 Å². The van der Waals surface area contributed by atoms with Crippen molar-refractivity contribution in [2.24, 2.45) is 0 Å². The van der Waals surface area contributed by atoms with Crippen LogP contribution < -0.4 is 9.47 Å². The molecule has 3 aromatic rings. The highest BCUT2D eigenvalue weighted by Crippen LogP contribution is 2.38. The fourth-order valence-corrected chi connectivity index (χ4v) is 3.23. The number of ether oxygens (including phenoxy) is 2. The summed E-state index contributed by atoms with van der Waals surface area (Å²) in [5.74, 6) is 0.758. The van der Waals surface area contributed by atoms with E-state index in [-0.39, 0.29) is 17.9 Å². The number of nitriles is 1. The van der Waals surface area contributed by atoms with Gasteiger partial charge in [0, 0.05) is 17.2 Å². The van der Waals surface area contributed by atoms with E-state index in [1.165, 1.54) is 25.3 Å². The minimum absolute atomic E-state index is 0.0970. The zero-order valence-electron chi connectivity index (χ0n) is 16.3. The second-order valence-corrected chi connectivity index (χ2v) is 7.27. The minimum atomic E-state index is -0.509. The topological polar surface area (TPSA) is 85.4 Å². The fourth-order valence-electron chi connectivity index (χ4n) is 2.83. The number of halogens is 2. The highest BCUT2D eigenvalue weighted by molar-refractivity contribution is 6.32. The van der Waals surface area contributed by atoms with Crippen LogP contribution in [0, 0.1) is 21.4 Å². The van der Waals surface area contributed by atoms with E-state index in [9.17, 15) is 15.4 Å². The van der Waals surface area contributed by atoms with Gasteiger partial charge in [0.25, 0.3) is 5.69 Å². The van der Waals surface area contributed by atoms with Crippen molar-refractivity contribution in [2.75, 3.05) is 7.11 Å². The Bertz CT molecular complexity index is 1190. The van der Waals surface area contributed by atoms with Gasteiger partial charge in [-0.25, -0.2) is 0 Å². The Morgan fingerprint density at radius 2 is 1.90 bits per heavy atom. The molecule has 0 fully saturated rings. The third kappa shape index (κ3) is 5.54. The molecule has 6 nitrogen and oxygen atoms in total. The molecule has 0 unspecified atom stereocenters. The Labute approximate surface area is 189 Å². The summed E-state index contributed by atoms with van der Waals surface area (Å²) in [5.41, 5.74) is 2.07. The highest BCUT2D eigenvalue weighted by Gasteiger charge is 2.14. The zero-order chi connectivity index (χ0) is 22.4. The van der Waals surface area contributed by atoms with E-state index in [2.05, 4.69) is 6.07 Å². The summed E-state index contributed by atoms with van der Waals surface area (Å²) in [6.07, 6.45) is 1.58. The van der Waals surface area contributed by atoms with Crippen LogP contribution in [0.5, 0.6) is 11.5 Å². The molecule has 156 valence electrons. The van der Waals surface area contributed by atoms with Crippen LogP contribution in [-0.2, 0) is 6.61 Å². The van der Waals surface area contributed by atoms with E-state index in [4.69, 9.17) is 32.7 Å². The normalized spacial score (nSPS) is 11.0. The molecule has 0 aromatic heterocycles. The number of nitro groups is 1. The van der Waals surface area contributed by atoms with Crippen LogP contribution in [0.1, 0.15) is 16.7 Å². The molecule has 0 radical (unpaired) electrons. The SMILES string of the molecule is COc1cc(/C=C(/C#N)c2cccc([N+](=O)[O-])c2)cc(Cl)c1OCc1ccc(Cl)cc1. The van der Waals surface area contributed by atoms with Gasteiger partial charge in [0.15, 0.2) is 11.5 Å². The number of nitro benzene ring substituents is 1. The third-order valence-corrected chi connectivity index (χ3v) is 4.88. The smallest absolute Gasteiger partial charge is 0.270 e. The van der Waals surface area contributed by atoms with Crippen molar-refractivity contribution in [3.8, 4) is 17.6 Å². The maximum atomic E-state index is 11.0. The van der Waals surface area contributed by atoms with Crippen molar-refractivity contribution < 1.29 is 14.4 Å². The monoisotopic (exact) mass is 454 g/mol. The number of non-ortho nitro benzene ring substituents is 1. The Balaban J connectivity index is 1.90. The van der Waals surface area contributed by atoms with Gasteiger partial charge in [0.2, 0.25) is 0 Å². The number of hydrogen-bond donors (Lipinski definition) is 0. The van der Waals surface area contributed by atoms with Gasteiger partial charge in [-0.3, -0.25) is 10.1 Å². The zero-order valence-corrected chi connectivity index (χ0v) is 17.9. The number of nitrogens with zero attached hydrogens (tertiary/aromatic N) is 2. The lowest BCUT2D eigenvalue weighted by Gasteiger charge is -2.14. The van der Waals surface area contributed by atoms with Crippen molar-refractivity contribution in [1.29, 1.82) is 5.26 Å². The maximum Gasteiger partial charge on any atom is 0.270 e. The van der Waals surface area contributed by atoms with Crippen LogP contribution in [-0.4, -0.2) is 12.0 Å². The summed E-state index contributed by atoms with van der Waals surface area (Å²) in [5, 5.41) is 21.5. The molecule has 0 atom stereocenters. The molecular formula is C23H16Cl2N2O4. The first-order valence-corrected chi connectivity index (χ1v) is 9.78. The van der Waals surface area contributed by atoms with E-state index >= 15 is 0 Å². The van der Waals surface area contributed by atoms with Crippen LogP contribution in [0.3, 0.4) is 0 Å². The van der Waals surface area contributed by atoms with Crippen molar-refractivity contribution in [2.45, 2.75) is 6.61 Å². The lowest BCUT2D eigenvalue weighted by molar-refractivity contribution is -0.384. The number of methoxy groups -OCH3 is 1. The fraction of sp³-hybridized carbons (Fsp3) is 0.0870. The molecule has 0 heterocycles. The molecule has 0 bridgehead atoms.